The highest BCUT2D eigenvalue weighted by Crippen LogP contribution is 2.24. The molecular formula is C16H27BrN2. The number of nitrogens with zero attached hydrogens (tertiary/aromatic N) is 1. The van der Waals surface area contributed by atoms with Crippen molar-refractivity contribution in [2.75, 3.05) is 18.5 Å². The van der Waals surface area contributed by atoms with Gasteiger partial charge in [0.2, 0.25) is 0 Å². The molecule has 0 aliphatic carbocycles. The van der Waals surface area contributed by atoms with Crippen LogP contribution < -0.4 is 10.2 Å². The third kappa shape index (κ3) is 5.96. The third-order valence-corrected chi connectivity index (χ3v) is 3.60. The molecule has 0 aliphatic rings. The van der Waals surface area contributed by atoms with Crippen molar-refractivity contribution >= 4 is 21.6 Å². The fourth-order valence-corrected chi connectivity index (χ4v) is 2.35. The van der Waals surface area contributed by atoms with Crippen molar-refractivity contribution in [3.8, 4) is 0 Å². The lowest BCUT2D eigenvalue weighted by atomic mass is 10.1. The van der Waals surface area contributed by atoms with E-state index < -0.39 is 0 Å². The second-order valence-electron chi connectivity index (χ2n) is 6.15. The minimum atomic E-state index is 0.140. The number of hydrogen-bond donors (Lipinski definition) is 1. The highest BCUT2D eigenvalue weighted by Gasteiger charge is 2.12. The van der Waals surface area contributed by atoms with E-state index in [1.807, 2.05) is 0 Å². The maximum atomic E-state index is 3.57. The number of benzene rings is 1. The molecule has 0 unspecified atom stereocenters. The molecule has 19 heavy (non-hydrogen) atoms. The van der Waals surface area contributed by atoms with Gasteiger partial charge in [-0.25, -0.2) is 0 Å². The highest BCUT2D eigenvalue weighted by atomic mass is 79.9. The molecule has 3 heteroatoms. The molecule has 1 aromatic rings. The van der Waals surface area contributed by atoms with E-state index in [0.29, 0.717) is 0 Å². The lowest BCUT2D eigenvalue weighted by Gasteiger charge is -2.26. The van der Waals surface area contributed by atoms with Crippen molar-refractivity contribution in [3.05, 3.63) is 28.2 Å². The van der Waals surface area contributed by atoms with Crippen LogP contribution in [0.5, 0.6) is 0 Å². The Balaban J connectivity index is 2.85. The molecule has 1 N–H and O–H groups in total. The largest absolute Gasteiger partial charge is 0.374 e. The van der Waals surface area contributed by atoms with Gasteiger partial charge in [0.1, 0.15) is 0 Å². The zero-order valence-corrected chi connectivity index (χ0v) is 14.5. The van der Waals surface area contributed by atoms with Gasteiger partial charge in [-0.3, -0.25) is 0 Å². The van der Waals surface area contributed by atoms with Crippen molar-refractivity contribution in [2.45, 2.75) is 52.6 Å². The molecule has 0 aliphatic heterocycles. The predicted octanol–water partition coefficient (Wildman–Crippen LogP) is 4.57. The standard InChI is InChI=1S/C16H27BrN2/c1-6-7-10-19(5)15-9-8-14(17)11-13(15)12-18-16(2,3)4/h8-9,11,18H,6-7,10,12H2,1-5H3. The normalized spacial score (nSPS) is 11.7. The molecule has 0 atom stereocenters. The van der Waals surface area contributed by atoms with E-state index in [2.05, 4.69) is 79.1 Å². The van der Waals surface area contributed by atoms with Gasteiger partial charge in [0.15, 0.2) is 0 Å². The minimum Gasteiger partial charge on any atom is -0.374 e. The Morgan fingerprint density at radius 2 is 1.95 bits per heavy atom. The number of unbranched alkanes of at least 4 members (excludes halogenated alkanes) is 1. The Morgan fingerprint density at radius 1 is 1.26 bits per heavy atom. The van der Waals surface area contributed by atoms with Crippen LogP contribution in [0.25, 0.3) is 0 Å². The van der Waals surface area contributed by atoms with Crippen LogP contribution in [0, 0.1) is 0 Å². The molecule has 2 nitrogen and oxygen atoms in total. The van der Waals surface area contributed by atoms with E-state index in [1.165, 1.54) is 24.1 Å². The van der Waals surface area contributed by atoms with Gasteiger partial charge in [0, 0.05) is 35.8 Å². The molecule has 108 valence electrons. The first kappa shape index (κ1) is 16.5. The van der Waals surface area contributed by atoms with Crippen molar-refractivity contribution in [3.63, 3.8) is 0 Å². The number of halogens is 1. The topological polar surface area (TPSA) is 15.3 Å². The number of nitrogens with one attached hydrogen (secondary N) is 1. The second-order valence-corrected chi connectivity index (χ2v) is 7.07. The highest BCUT2D eigenvalue weighted by molar-refractivity contribution is 9.10. The number of anilines is 1. The zero-order chi connectivity index (χ0) is 14.5. The van der Waals surface area contributed by atoms with Gasteiger partial charge < -0.3 is 10.2 Å². The van der Waals surface area contributed by atoms with Gasteiger partial charge >= 0.3 is 0 Å². The molecule has 0 saturated carbocycles. The fourth-order valence-electron chi connectivity index (χ4n) is 1.94. The minimum absolute atomic E-state index is 0.140. The maximum Gasteiger partial charge on any atom is 0.0410 e. The molecule has 0 bridgehead atoms. The number of rotatable bonds is 6. The molecular weight excluding hydrogens is 300 g/mol. The van der Waals surface area contributed by atoms with Crippen LogP contribution in [0.2, 0.25) is 0 Å². The first-order valence-electron chi connectivity index (χ1n) is 7.08. The van der Waals surface area contributed by atoms with Crippen molar-refractivity contribution in [2.24, 2.45) is 0 Å². The summed E-state index contributed by atoms with van der Waals surface area (Å²) in [5, 5.41) is 3.57. The summed E-state index contributed by atoms with van der Waals surface area (Å²) < 4.78 is 1.14. The van der Waals surface area contributed by atoms with Gasteiger partial charge in [-0.15, -0.1) is 0 Å². The first-order chi connectivity index (χ1) is 8.83. The summed E-state index contributed by atoms with van der Waals surface area (Å²) in [6.07, 6.45) is 2.47. The molecule has 0 saturated heterocycles. The first-order valence-corrected chi connectivity index (χ1v) is 7.87. The van der Waals surface area contributed by atoms with E-state index >= 15 is 0 Å². The Morgan fingerprint density at radius 3 is 2.53 bits per heavy atom. The fraction of sp³-hybridized carbons (Fsp3) is 0.625. The molecule has 1 rings (SSSR count). The van der Waals surface area contributed by atoms with Gasteiger partial charge in [-0.1, -0.05) is 29.3 Å². The summed E-state index contributed by atoms with van der Waals surface area (Å²) in [4.78, 5) is 2.36. The predicted molar refractivity (Wildman–Crippen MR) is 88.9 cm³/mol. The Bertz CT molecular complexity index is 396. The number of hydrogen-bond acceptors (Lipinski definition) is 2. The van der Waals surface area contributed by atoms with E-state index in [-0.39, 0.29) is 5.54 Å². The molecule has 0 spiro atoms. The van der Waals surface area contributed by atoms with Crippen LogP contribution in [0.4, 0.5) is 5.69 Å². The monoisotopic (exact) mass is 326 g/mol. The van der Waals surface area contributed by atoms with Crippen molar-refractivity contribution in [1.29, 1.82) is 0 Å². The zero-order valence-electron chi connectivity index (χ0n) is 12.9. The van der Waals surface area contributed by atoms with Crippen molar-refractivity contribution < 1.29 is 0 Å². The molecule has 0 radical (unpaired) electrons. The van der Waals surface area contributed by atoms with Crippen LogP contribution in [0.1, 0.15) is 46.1 Å². The summed E-state index contributed by atoms with van der Waals surface area (Å²) in [5.41, 5.74) is 2.82. The van der Waals surface area contributed by atoms with Crippen LogP contribution in [-0.4, -0.2) is 19.1 Å². The van der Waals surface area contributed by atoms with Gasteiger partial charge in [-0.2, -0.15) is 0 Å². The van der Waals surface area contributed by atoms with Crippen LogP contribution in [0.15, 0.2) is 22.7 Å². The van der Waals surface area contributed by atoms with Gasteiger partial charge in [-0.05, 0) is 51.0 Å². The SMILES string of the molecule is CCCCN(C)c1ccc(Br)cc1CNC(C)(C)C. The summed E-state index contributed by atoms with van der Waals surface area (Å²) in [6, 6.07) is 6.55. The van der Waals surface area contributed by atoms with E-state index in [4.69, 9.17) is 0 Å². The molecule has 0 fully saturated rings. The van der Waals surface area contributed by atoms with Crippen LogP contribution in [-0.2, 0) is 6.54 Å². The Kier molecular flexibility index (Phi) is 6.34. The molecule has 0 amide bonds. The van der Waals surface area contributed by atoms with Crippen LogP contribution in [0.3, 0.4) is 0 Å². The lowest BCUT2D eigenvalue weighted by molar-refractivity contribution is 0.424. The molecule has 0 aromatic heterocycles. The summed E-state index contributed by atoms with van der Waals surface area (Å²) in [5.74, 6) is 0. The van der Waals surface area contributed by atoms with Gasteiger partial charge in [0.25, 0.3) is 0 Å². The molecule has 0 heterocycles. The quantitative estimate of drug-likeness (QED) is 0.823. The van der Waals surface area contributed by atoms with E-state index in [0.717, 1.165) is 17.6 Å². The summed E-state index contributed by atoms with van der Waals surface area (Å²) in [7, 11) is 2.18. The average Bonchev–Trinajstić information content (AvgIpc) is 2.32. The Labute approximate surface area is 126 Å². The smallest absolute Gasteiger partial charge is 0.0410 e. The molecule has 1 aromatic carbocycles. The van der Waals surface area contributed by atoms with E-state index in [9.17, 15) is 0 Å². The summed E-state index contributed by atoms with van der Waals surface area (Å²) in [6.45, 7) is 10.8. The maximum absolute atomic E-state index is 3.57. The average molecular weight is 327 g/mol. The Hall–Kier alpha value is -0.540. The second kappa shape index (κ2) is 7.30. The van der Waals surface area contributed by atoms with Crippen molar-refractivity contribution in [1.82, 2.24) is 5.32 Å². The van der Waals surface area contributed by atoms with E-state index in [1.54, 1.807) is 0 Å². The van der Waals surface area contributed by atoms with Crippen LogP contribution >= 0.6 is 15.9 Å². The van der Waals surface area contributed by atoms with Gasteiger partial charge in [0.05, 0.1) is 0 Å². The third-order valence-electron chi connectivity index (χ3n) is 3.11. The lowest BCUT2D eigenvalue weighted by Crippen LogP contribution is -2.35. The summed E-state index contributed by atoms with van der Waals surface area (Å²) >= 11 is 3.57.